The van der Waals surface area contributed by atoms with Crippen molar-refractivity contribution >= 4 is 11.6 Å². The van der Waals surface area contributed by atoms with E-state index < -0.39 is 0 Å². The number of anilines is 1. The Morgan fingerprint density at radius 3 is 2.94 bits per heavy atom. The van der Waals surface area contributed by atoms with Crippen LogP contribution in [-0.2, 0) is 4.79 Å². The molecule has 0 saturated heterocycles. The standard InChI is InChI=1S/C13H13N3O/c1-3-7-15-9-13(17)16-12-6-4-5-10(2)11(12)8-14/h1,4-6,15H,7,9H2,2H3,(H,16,17). The van der Waals surface area contributed by atoms with E-state index in [2.05, 4.69) is 22.6 Å². The maximum atomic E-state index is 11.5. The summed E-state index contributed by atoms with van der Waals surface area (Å²) in [4.78, 5) is 11.5. The normalized spacial score (nSPS) is 9.12. The number of hydrogen-bond acceptors (Lipinski definition) is 3. The molecule has 1 amide bonds. The van der Waals surface area contributed by atoms with Crippen LogP contribution in [0.3, 0.4) is 0 Å². The van der Waals surface area contributed by atoms with Crippen LogP contribution in [0.2, 0.25) is 0 Å². The van der Waals surface area contributed by atoms with Crippen LogP contribution in [0.4, 0.5) is 5.69 Å². The van der Waals surface area contributed by atoms with Crippen LogP contribution in [0, 0.1) is 30.6 Å². The number of amides is 1. The molecular weight excluding hydrogens is 214 g/mol. The van der Waals surface area contributed by atoms with Gasteiger partial charge in [-0.3, -0.25) is 10.1 Å². The Bertz CT molecular complexity index is 494. The molecule has 0 bridgehead atoms. The number of aryl methyl sites for hydroxylation is 1. The highest BCUT2D eigenvalue weighted by atomic mass is 16.1. The van der Waals surface area contributed by atoms with Gasteiger partial charge in [-0.05, 0) is 18.6 Å². The second-order valence-electron chi connectivity index (χ2n) is 3.47. The first-order valence-corrected chi connectivity index (χ1v) is 5.12. The topological polar surface area (TPSA) is 64.9 Å². The van der Waals surface area contributed by atoms with Crippen molar-refractivity contribution in [1.29, 1.82) is 5.26 Å². The molecule has 86 valence electrons. The lowest BCUT2D eigenvalue weighted by Gasteiger charge is -2.08. The molecule has 17 heavy (non-hydrogen) atoms. The molecule has 0 aliphatic carbocycles. The van der Waals surface area contributed by atoms with Crippen molar-refractivity contribution in [3.05, 3.63) is 29.3 Å². The molecular formula is C13H13N3O. The first kappa shape index (κ1) is 12.8. The van der Waals surface area contributed by atoms with Crippen molar-refractivity contribution in [2.75, 3.05) is 18.4 Å². The summed E-state index contributed by atoms with van der Waals surface area (Å²) in [6.45, 7) is 2.29. The third-order valence-electron chi connectivity index (χ3n) is 2.17. The predicted octanol–water partition coefficient (Wildman–Crippen LogP) is 1.03. The average molecular weight is 227 g/mol. The summed E-state index contributed by atoms with van der Waals surface area (Å²) < 4.78 is 0. The third kappa shape index (κ3) is 3.64. The smallest absolute Gasteiger partial charge is 0.238 e. The second kappa shape index (κ2) is 6.32. The predicted molar refractivity (Wildman–Crippen MR) is 66.2 cm³/mol. The van der Waals surface area contributed by atoms with Gasteiger partial charge >= 0.3 is 0 Å². The quantitative estimate of drug-likeness (QED) is 0.596. The van der Waals surface area contributed by atoms with Crippen LogP contribution in [0.25, 0.3) is 0 Å². The van der Waals surface area contributed by atoms with Crippen molar-refractivity contribution in [2.24, 2.45) is 0 Å². The van der Waals surface area contributed by atoms with E-state index in [0.29, 0.717) is 17.8 Å². The lowest BCUT2D eigenvalue weighted by Crippen LogP contribution is -2.28. The van der Waals surface area contributed by atoms with Crippen molar-refractivity contribution in [2.45, 2.75) is 6.92 Å². The Morgan fingerprint density at radius 1 is 1.53 bits per heavy atom. The third-order valence-corrected chi connectivity index (χ3v) is 2.17. The SMILES string of the molecule is C#CCNCC(=O)Nc1cccc(C)c1C#N. The Morgan fingerprint density at radius 2 is 2.29 bits per heavy atom. The molecule has 0 saturated carbocycles. The molecule has 0 spiro atoms. The van der Waals surface area contributed by atoms with Crippen LogP contribution in [0.15, 0.2) is 18.2 Å². The maximum absolute atomic E-state index is 11.5. The molecule has 0 aliphatic rings. The monoisotopic (exact) mass is 227 g/mol. The van der Waals surface area contributed by atoms with E-state index in [-0.39, 0.29) is 12.5 Å². The van der Waals surface area contributed by atoms with Gasteiger partial charge in [-0.25, -0.2) is 0 Å². The fourth-order valence-corrected chi connectivity index (χ4v) is 1.36. The van der Waals surface area contributed by atoms with Crippen molar-refractivity contribution < 1.29 is 4.79 Å². The highest BCUT2D eigenvalue weighted by Crippen LogP contribution is 2.17. The molecule has 0 aromatic heterocycles. The summed E-state index contributed by atoms with van der Waals surface area (Å²) >= 11 is 0. The Labute approximate surface area is 101 Å². The van der Waals surface area contributed by atoms with Gasteiger partial charge in [-0.2, -0.15) is 5.26 Å². The highest BCUT2D eigenvalue weighted by Gasteiger charge is 2.07. The summed E-state index contributed by atoms with van der Waals surface area (Å²) in [7, 11) is 0. The number of carbonyl (C=O) groups is 1. The number of nitrogens with one attached hydrogen (secondary N) is 2. The number of nitriles is 1. The first-order chi connectivity index (χ1) is 8.19. The van der Waals surface area contributed by atoms with Gasteiger partial charge in [0, 0.05) is 0 Å². The molecule has 0 radical (unpaired) electrons. The Balaban J connectivity index is 2.70. The van der Waals surface area contributed by atoms with Crippen LogP contribution in [0.1, 0.15) is 11.1 Å². The molecule has 0 aliphatic heterocycles. The highest BCUT2D eigenvalue weighted by molar-refractivity contribution is 5.93. The molecule has 1 aromatic carbocycles. The zero-order chi connectivity index (χ0) is 12.7. The Hall–Kier alpha value is -2.30. The van der Waals surface area contributed by atoms with Gasteiger partial charge in [-0.15, -0.1) is 6.42 Å². The molecule has 4 nitrogen and oxygen atoms in total. The fourth-order valence-electron chi connectivity index (χ4n) is 1.36. The van der Waals surface area contributed by atoms with Crippen LogP contribution < -0.4 is 10.6 Å². The summed E-state index contributed by atoms with van der Waals surface area (Å²) in [5.41, 5.74) is 1.85. The molecule has 4 heteroatoms. The number of hydrogen-bond donors (Lipinski definition) is 2. The van der Waals surface area contributed by atoms with Gasteiger partial charge < -0.3 is 5.32 Å². The number of rotatable bonds is 4. The van der Waals surface area contributed by atoms with Crippen LogP contribution in [0.5, 0.6) is 0 Å². The van der Waals surface area contributed by atoms with Crippen LogP contribution in [-0.4, -0.2) is 19.0 Å². The van der Waals surface area contributed by atoms with Gasteiger partial charge in [0.25, 0.3) is 0 Å². The molecule has 0 unspecified atom stereocenters. The fraction of sp³-hybridized carbons (Fsp3) is 0.231. The lowest BCUT2D eigenvalue weighted by atomic mass is 10.1. The zero-order valence-electron chi connectivity index (χ0n) is 9.58. The zero-order valence-corrected chi connectivity index (χ0v) is 9.58. The van der Waals surface area contributed by atoms with Gasteiger partial charge in [0.15, 0.2) is 0 Å². The minimum atomic E-state index is -0.220. The maximum Gasteiger partial charge on any atom is 0.238 e. The molecule has 2 N–H and O–H groups in total. The molecule has 0 heterocycles. The summed E-state index contributed by atoms with van der Waals surface area (Å²) in [5, 5.41) is 14.4. The van der Waals surface area contributed by atoms with E-state index >= 15 is 0 Å². The van der Waals surface area contributed by atoms with E-state index in [4.69, 9.17) is 11.7 Å². The minimum Gasteiger partial charge on any atom is -0.324 e. The van der Waals surface area contributed by atoms with E-state index in [1.807, 2.05) is 13.0 Å². The van der Waals surface area contributed by atoms with Crippen molar-refractivity contribution in [3.63, 3.8) is 0 Å². The largest absolute Gasteiger partial charge is 0.324 e. The first-order valence-electron chi connectivity index (χ1n) is 5.12. The van der Waals surface area contributed by atoms with Crippen LogP contribution >= 0.6 is 0 Å². The van der Waals surface area contributed by atoms with Crippen molar-refractivity contribution in [3.8, 4) is 18.4 Å². The van der Waals surface area contributed by atoms with E-state index in [1.165, 1.54) is 0 Å². The van der Waals surface area contributed by atoms with E-state index in [1.54, 1.807) is 12.1 Å². The van der Waals surface area contributed by atoms with E-state index in [9.17, 15) is 4.79 Å². The molecule has 1 aromatic rings. The molecule has 1 rings (SSSR count). The number of terminal acetylenes is 1. The average Bonchev–Trinajstić information content (AvgIpc) is 2.29. The van der Waals surface area contributed by atoms with Gasteiger partial charge in [0.2, 0.25) is 5.91 Å². The Kier molecular flexibility index (Phi) is 4.75. The number of carbonyl (C=O) groups excluding carboxylic acids is 1. The molecule has 0 atom stereocenters. The van der Waals surface area contributed by atoms with Gasteiger partial charge in [0.05, 0.1) is 24.3 Å². The lowest BCUT2D eigenvalue weighted by molar-refractivity contribution is -0.115. The van der Waals surface area contributed by atoms with Gasteiger partial charge in [-0.1, -0.05) is 18.1 Å². The van der Waals surface area contributed by atoms with Gasteiger partial charge in [0.1, 0.15) is 6.07 Å². The van der Waals surface area contributed by atoms with Crippen molar-refractivity contribution in [1.82, 2.24) is 5.32 Å². The summed E-state index contributed by atoms with van der Waals surface area (Å²) in [6.07, 6.45) is 5.05. The number of nitrogens with zero attached hydrogens (tertiary/aromatic N) is 1. The summed E-state index contributed by atoms with van der Waals surface area (Å²) in [5.74, 6) is 2.16. The molecule has 0 fully saturated rings. The second-order valence-corrected chi connectivity index (χ2v) is 3.47. The summed E-state index contributed by atoms with van der Waals surface area (Å²) in [6, 6.07) is 7.38. The van der Waals surface area contributed by atoms with E-state index in [0.717, 1.165) is 5.56 Å². The minimum absolute atomic E-state index is 0.128. The number of benzene rings is 1.